The number of halogens is 1. The normalized spacial score (nSPS) is 11.2. The number of benzene rings is 4. The van der Waals surface area contributed by atoms with Gasteiger partial charge in [-0.15, -0.1) is 0 Å². The number of hydrogen-bond donors (Lipinski definition) is 1. The van der Waals surface area contributed by atoms with Gasteiger partial charge in [0, 0.05) is 27.6 Å². The molecule has 0 atom stereocenters. The summed E-state index contributed by atoms with van der Waals surface area (Å²) in [5.74, 6) is -0.346. The first-order chi connectivity index (χ1) is 16.7. The number of carbonyl (C=O) groups is 1. The number of H-pyrrole nitrogens is 1. The standard InChI is InChI=1S/C31H20FNO/c32-24-16-17-26-23(18-24)19-25-27(20-10-4-1-5-11-20)28(21-12-6-2-7-13-21)29(30(25)33-26)31(34)22-14-8-3-9-15-22/h1-19,33H. The van der Waals surface area contributed by atoms with Crippen molar-refractivity contribution in [2.45, 2.75) is 0 Å². The van der Waals surface area contributed by atoms with E-state index in [1.807, 2.05) is 97.1 Å². The molecule has 0 aromatic heterocycles. The zero-order valence-electron chi connectivity index (χ0n) is 18.3. The van der Waals surface area contributed by atoms with Crippen LogP contribution in [0.1, 0.15) is 15.9 Å². The van der Waals surface area contributed by atoms with E-state index in [-0.39, 0.29) is 11.6 Å². The lowest BCUT2D eigenvalue weighted by molar-refractivity contribution is 0.104. The highest BCUT2D eigenvalue weighted by atomic mass is 19.1. The van der Waals surface area contributed by atoms with Crippen molar-refractivity contribution >= 4 is 16.7 Å². The molecule has 34 heavy (non-hydrogen) atoms. The predicted octanol–water partition coefficient (Wildman–Crippen LogP) is 7.98. The Morgan fingerprint density at radius 1 is 0.647 bits per heavy atom. The average molecular weight is 442 g/mol. The van der Waals surface area contributed by atoms with Gasteiger partial charge in [-0.3, -0.25) is 4.79 Å². The van der Waals surface area contributed by atoms with Crippen molar-refractivity contribution in [2.75, 3.05) is 0 Å². The second-order valence-corrected chi connectivity index (χ2v) is 8.34. The summed E-state index contributed by atoms with van der Waals surface area (Å²) in [5.41, 5.74) is 7.47. The minimum absolute atomic E-state index is 0.0515. The van der Waals surface area contributed by atoms with Gasteiger partial charge >= 0.3 is 0 Å². The third-order valence-electron chi connectivity index (χ3n) is 6.25. The lowest BCUT2D eigenvalue weighted by Crippen LogP contribution is -2.04. The summed E-state index contributed by atoms with van der Waals surface area (Å²) in [4.78, 5) is 17.5. The van der Waals surface area contributed by atoms with Gasteiger partial charge in [-0.2, -0.15) is 0 Å². The van der Waals surface area contributed by atoms with E-state index in [0.717, 1.165) is 44.4 Å². The monoisotopic (exact) mass is 441 g/mol. The number of pyridine rings is 1. The Balaban J connectivity index is 1.79. The third-order valence-corrected chi connectivity index (χ3v) is 6.25. The van der Waals surface area contributed by atoms with Crippen LogP contribution in [0.5, 0.6) is 0 Å². The molecule has 4 aromatic carbocycles. The molecule has 0 saturated carbocycles. The third kappa shape index (κ3) is 3.30. The predicted molar refractivity (Wildman–Crippen MR) is 136 cm³/mol. The zero-order chi connectivity index (χ0) is 23.1. The van der Waals surface area contributed by atoms with Crippen LogP contribution in [-0.4, -0.2) is 10.8 Å². The minimum atomic E-state index is -0.295. The van der Waals surface area contributed by atoms with E-state index in [2.05, 4.69) is 4.98 Å². The van der Waals surface area contributed by atoms with Crippen LogP contribution < -0.4 is 0 Å². The van der Waals surface area contributed by atoms with Crippen molar-refractivity contribution in [3.05, 3.63) is 132 Å². The highest BCUT2D eigenvalue weighted by molar-refractivity contribution is 6.22. The number of fused-ring (bicyclic) bond motifs is 2. The summed E-state index contributed by atoms with van der Waals surface area (Å²) in [6.45, 7) is 0. The smallest absolute Gasteiger partial charge is 0.195 e. The Kier molecular flexibility index (Phi) is 4.81. The molecule has 3 heteroatoms. The maximum absolute atomic E-state index is 14.1. The zero-order valence-corrected chi connectivity index (χ0v) is 18.3. The fraction of sp³-hybridized carbons (Fsp3) is 0. The van der Waals surface area contributed by atoms with E-state index in [9.17, 15) is 9.18 Å². The van der Waals surface area contributed by atoms with E-state index in [1.54, 1.807) is 6.07 Å². The molecule has 0 amide bonds. The first kappa shape index (κ1) is 20.1. The minimum Gasteiger partial charge on any atom is -0.354 e. The lowest BCUT2D eigenvalue weighted by Gasteiger charge is -2.09. The molecular weight excluding hydrogens is 421 g/mol. The van der Waals surface area contributed by atoms with Crippen LogP contribution in [0.15, 0.2) is 115 Å². The van der Waals surface area contributed by atoms with Crippen LogP contribution in [0.3, 0.4) is 0 Å². The molecule has 0 fully saturated rings. The molecule has 1 aliphatic carbocycles. The van der Waals surface area contributed by atoms with Crippen molar-refractivity contribution in [3.8, 4) is 33.5 Å². The molecule has 1 aliphatic heterocycles. The van der Waals surface area contributed by atoms with Gasteiger partial charge in [-0.05, 0) is 41.0 Å². The molecule has 0 spiro atoms. The fourth-order valence-electron chi connectivity index (χ4n) is 4.73. The number of rotatable bonds is 4. The molecule has 1 heterocycles. The molecule has 0 saturated heterocycles. The maximum Gasteiger partial charge on any atom is 0.195 e. The molecular formula is C31H20FNO. The number of aromatic nitrogens is 1. The van der Waals surface area contributed by atoms with Crippen molar-refractivity contribution in [1.29, 1.82) is 0 Å². The van der Waals surface area contributed by atoms with Gasteiger partial charge in [-0.1, -0.05) is 91.0 Å². The quantitative estimate of drug-likeness (QED) is 0.276. The highest BCUT2D eigenvalue weighted by Crippen LogP contribution is 2.49. The number of hydrogen-bond acceptors (Lipinski definition) is 1. The van der Waals surface area contributed by atoms with Gasteiger partial charge in [0.2, 0.25) is 0 Å². The Morgan fingerprint density at radius 3 is 1.88 bits per heavy atom. The van der Waals surface area contributed by atoms with Gasteiger partial charge < -0.3 is 4.98 Å². The fourth-order valence-corrected chi connectivity index (χ4v) is 4.73. The first-order valence-electron chi connectivity index (χ1n) is 11.2. The van der Waals surface area contributed by atoms with E-state index >= 15 is 0 Å². The Bertz CT molecular complexity index is 1600. The summed E-state index contributed by atoms with van der Waals surface area (Å²) < 4.78 is 14.1. The van der Waals surface area contributed by atoms with Crippen LogP contribution >= 0.6 is 0 Å². The number of carbonyl (C=O) groups excluding carboxylic acids is 1. The largest absolute Gasteiger partial charge is 0.354 e. The van der Waals surface area contributed by atoms with E-state index in [1.165, 1.54) is 12.1 Å². The van der Waals surface area contributed by atoms with Crippen LogP contribution in [0, 0.1) is 5.82 Å². The van der Waals surface area contributed by atoms with Gasteiger partial charge in [0.25, 0.3) is 0 Å². The Hall–Kier alpha value is -4.50. The molecule has 4 aromatic rings. The molecule has 0 radical (unpaired) electrons. The van der Waals surface area contributed by atoms with Crippen LogP contribution in [0.4, 0.5) is 4.39 Å². The number of nitrogens with one attached hydrogen (secondary N) is 1. The molecule has 6 rings (SSSR count). The molecule has 0 bridgehead atoms. The second-order valence-electron chi connectivity index (χ2n) is 8.34. The van der Waals surface area contributed by atoms with Crippen LogP contribution in [0.2, 0.25) is 0 Å². The lowest BCUT2D eigenvalue weighted by atomic mass is 9.93. The molecule has 162 valence electrons. The SMILES string of the molecule is O=C(c1ccccc1)c1c2[nH]c3ccc(F)cc3cc-2c(-c2ccccc2)c1-c1ccccc1. The topological polar surface area (TPSA) is 32.9 Å². The van der Waals surface area contributed by atoms with E-state index < -0.39 is 0 Å². The van der Waals surface area contributed by atoms with Crippen molar-refractivity contribution in [2.24, 2.45) is 0 Å². The van der Waals surface area contributed by atoms with E-state index in [0.29, 0.717) is 11.1 Å². The second kappa shape index (κ2) is 8.13. The Morgan fingerprint density at radius 2 is 1.24 bits per heavy atom. The molecule has 0 unspecified atom stereocenters. The average Bonchev–Trinajstić information content (AvgIpc) is 3.22. The summed E-state index contributed by atoms with van der Waals surface area (Å²) in [5, 5.41) is 0.757. The number of ketones is 1. The van der Waals surface area contributed by atoms with Crippen LogP contribution in [-0.2, 0) is 0 Å². The summed E-state index contributed by atoms with van der Waals surface area (Å²) in [7, 11) is 0. The summed E-state index contributed by atoms with van der Waals surface area (Å²) >= 11 is 0. The molecule has 2 nitrogen and oxygen atoms in total. The Labute approximate surface area is 196 Å². The summed E-state index contributed by atoms with van der Waals surface area (Å²) in [6, 6.07) is 36.0. The van der Waals surface area contributed by atoms with Gasteiger partial charge in [-0.25, -0.2) is 4.39 Å². The number of aromatic amines is 1. The van der Waals surface area contributed by atoms with Gasteiger partial charge in [0.1, 0.15) is 5.82 Å². The molecule has 1 N–H and O–H groups in total. The van der Waals surface area contributed by atoms with E-state index in [4.69, 9.17) is 0 Å². The van der Waals surface area contributed by atoms with Crippen molar-refractivity contribution in [1.82, 2.24) is 4.98 Å². The van der Waals surface area contributed by atoms with Crippen molar-refractivity contribution < 1.29 is 9.18 Å². The van der Waals surface area contributed by atoms with Crippen molar-refractivity contribution in [3.63, 3.8) is 0 Å². The van der Waals surface area contributed by atoms with Gasteiger partial charge in [0.15, 0.2) is 5.78 Å². The first-order valence-corrected chi connectivity index (χ1v) is 11.2. The molecule has 2 aliphatic rings. The van der Waals surface area contributed by atoms with Crippen LogP contribution in [0.25, 0.3) is 44.4 Å². The maximum atomic E-state index is 14.1. The summed E-state index contributed by atoms with van der Waals surface area (Å²) in [6.07, 6.45) is 0. The van der Waals surface area contributed by atoms with Gasteiger partial charge in [0.05, 0.1) is 11.3 Å². The highest BCUT2D eigenvalue weighted by Gasteiger charge is 2.30.